The molecule has 1 aromatic heterocycles. The van der Waals surface area contributed by atoms with Crippen LogP contribution in [0, 0.1) is 13.8 Å². The van der Waals surface area contributed by atoms with Crippen LogP contribution in [0.3, 0.4) is 0 Å². The zero-order valence-electron chi connectivity index (χ0n) is 11.5. The largest absolute Gasteiger partial charge is 0.497 e. The van der Waals surface area contributed by atoms with Crippen molar-refractivity contribution in [2.24, 2.45) is 0 Å². The third kappa shape index (κ3) is 3.17. The molecule has 0 spiro atoms. The lowest BCUT2D eigenvalue weighted by Crippen LogP contribution is -2.24. The maximum atomic E-state index is 12.2. The van der Waals surface area contributed by atoms with Crippen LogP contribution in [-0.2, 0) is 16.6 Å². The topological polar surface area (TPSA) is 81.4 Å². The molecule has 0 bridgehead atoms. The Bertz CT molecular complexity index is 707. The van der Waals surface area contributed by atoms with E-state index in [4.69, 9.17) is 9.15 Å². The van der Waals surface area contributed by atoms with Crippen LogP contribution < -0.4 is 9.46 Å². The molecular weight excluding hydrogens is 280 g/mol. The Balaban J connectivity index is 2.18. The van der Waals surface area contributed by atoms with Crippen LogP contribution in [0.5, 0.6) is 5.75 Å². The number of benzene rings is 1. The van der Waals surface area contributed by atoms with E-state index in [9.17, 15) is 8.42 Å². The number of hydrogen-bond acceptors (Lipinski definition) is 5. The molecule has 0 saturated heterocycles. The first kappa shape index (κ1) is 14.5. The molecule has 1 aromatic carbocycles. The summed E-state index contributed by atoms with van der Waals surface area (Å²) in [5.74, 6) is 1.12. The molecule has 0 radical (unpaired) electrons. The summed E-state index contributed by atoms with van der Waals surface area (Å²) in [5.41, 5.74) is 1.16. The molecule has 0 aliphatic heterocycles. The van der Waals surface area contributed by atoms with E-state index >= 15 is 0 Å². The molecule has 0 amide bonds. The van der Waals surface area contributed by atoms with Gasteiger partial charge in [-0.1, -0.05) is 0 Å². The van der Waals surface area contributed by atoms with Gasteiger partial charge in [-0.25, -0.2) is 18.1 Å². The maximum absolute atomic E-state index is 12.2. The van der Waals surface area contributed by atoms with Crippen molar-refractivity contribution in [3.63, 3.8) is 0 Å². The summed E-state index contributed by atoms with van der Waals surface area (Å²) in [6.45, 7) is 3.51. The zero-order valence-corrected chi connectivity index (χ0v) is 12.3. The highest BCUT2D eigenvalue weighted by Crippen LogP contribution is 2.20. The smallest absolute Gasteiger partial charge is 0.241 e. The van der Waals surface area contributed by atoms with E-state index in [0.29, 0.717) is 22.9 Å². The van der Waals surface area contributed by atoms with E-state index in [1.54, 1.807) is 26.0 Å². The van der Waals surface area contributed by atoms with Gasteiger partial charge in [-0.15, -0.1) is 0 Å². The molecule has 0 aliphatic carbocycles. The lowest BCUT2D eigenvalue weighted by molar-refractivity contribution is 0.414. The summed E-state index contributed by atoms with van der Waals surface area (Å²) in [4.78, 5) is 4.26. The molecule has 0 atom stereocenters. The molecule has 2 aromatic rings. The van der Waals surface area contributed by atoms with Gasteiger partial charge in [0.15, 0.2) is 5.89 Å². The second-order valence-corrected chi connectivity index (χ2v) is 6.05. The van der Waals surface area contributed by atoms with Crippen LogP contribution in [0.25, 0.3) is 0 Å². The number of aryl methyl sites for hydroxylation is 2. The van der Waals surface area contributed by atoms with E-state index in [2.05, 4.69) is 9.71 Å². The number of methoxy groups -OCH3 is 1. The minimum atomic E-state index is -3.59. The lowest BCUT2D eigenvalue weighted by Gasteiger charge is -2.09. The molecule has 20 heavy (non-hydrogen) atoms. The van der Waals surface area contributed by atoms with Crippen LogP contribution in [-0.4, -0.2) is 20.5 Å². The van der Waals surface area contributed by atoms with E-state index in [0.717, 1.165) is 0 Å². The third-order valence-corrected chi connectivity index (χ3v) is 4.34. The molecule has 1 heterocycles. The Kier molecular flexibility index (Phi) is 4.10. The SMILES string of the molecule is COc1ccc(S(=O)(=O)NCc2coc(C)n2)c(C)c1. The van der Waals surface area contributed by atoms with Gasteiger partial charge in [0.2, 0.25) is 10.0 Å². The summed E-state index contributed by atoms with van der Waals surface area (Å²) in [6.07, 6.45) is 1.43. The molecule has 7 heteroatoms. The van der Waals surface area contributed by atoms with E-state index < -0.39 is 10.0 Å². The highest BCUT2D eigenvalue weighted by atomic mass is 32.2. The molecule has 1 N–H and O–H groups in total. The quantitative estimate of drug-likeness (QED) is 0.909. The number of rotatable bonds is 5. The van der Waals surface area contributed by atoms with E-state index in [-0.39, 0.29) is 11.4 Å². The summed E-state index contributed by atoms with van der Waals surface area (Å²) in [7, 11) is -2.06. The highest BCUT2D eigenvalue weighted by Gasteiger charge is 2.17. The van der Waals surface area contributed by atoms with Crippen LogP contribution >= 0.6 is 0 Å². The summed E-state index contributed by atoms with van der Waals surface area (Å²) >= 11 is 0. The molecular formula is C13H16N2O4S. The number of sulfonamides is 1. The van der Waals surface area contributed by atoms with Crippen molar-refractivity contribution in [1.29, 1.82) is 0 Å². The normalized spacial score (nSPS) is 11.6. The van der Waals surface area contributed by atoms with Gasteiger partial charge < -0.3 is 9.15 Å². The van der Waals surface area contributed by atoms with Crippen molar-refractivity contribution in [3.05, 3.63) is 41.6 Å². The maximum Gasteiger partial charge on any atom is 0.241 e. The first-order valence-corrected chi connectivity index (χ1v) is 7.46. The second-order valence-electron chi connectivity index (χ2n) is 4.31. The number of nitrogens with one attached hydrogen (secondary N) is 1. The van der Waals surface area contributed by atoms with Gasteiger partial charge in [-0.05, 0) is 30.7 Å². The molecule has 0 fully saturated rings. The van der Waals surface area contributed by atoms with Crippen molar-refractivity contribution in [2.45, 2.75) is 25.3 Å². The number of aromatic nitrogens is 1. The molecule has 0 unspecified atom stereocenters. The first-order chi connectivity index (χ1) is 9.42. The lowest BCUT2D eigenvalue weighted by atomic mass is 10.2. The summed E-state index contributed by atoms with van der Waals surface area (Å²) in [5, 5.41) is 0. The number of nitrogens with zero attached hydrogens (tertiary/aromatic N) is 1. The monoisotopic (exact) mass is 296 g/mol. The molecule has 108 valence electrons. The Morgan fingerprint density at radius 2 is 2.10 bits per heavy atom. The fourth-order valence-corrected chi connectivity index (χ4v) is 3.01. The van der Waals surface area contributed by atoms with Crippen molar-refractivity contribution < 1.29 is 17.6 Å². The van der Waals surface area contributed by atoms with Gasteiger partial charge in [0.05, 0.1) is 24.2 Å². The van der Waals surface area contributed by atoms with Crippen LogP contribution in [0.1, 0.15) is 17.1 Å². The minimum absolute atomic E-state index is 0.0884. The summed E-state index contributed by atoms with van der Waals surface area (Å²) < 4.78 is 37.0. The Labute approximate surface area is 117 Å². The van der Waals surface area contributed by atoms with Crippen molar-refractivity contribution in [1.82, 2.24) is 9.71 Å². The van der Waals surface area contributed by atoms with Gasteiger partial charge in [0.1, 0.15) is 12.0 Å². The average Bonchev–Trinajstić information content (AvgIpc) is 2.82. The molecule has 2 rings (SSSR count). The average molecular weight is 296 g/mol. The molecule has 0 aliphatic rings. The first-order valence-electron chi connectivity index (χ1n) is 5.97. The van der Waals surface area contributed by atoms with Crippen molar-refractivity contribution >= 4 is 10.0 Å². The Morgan fingerprint density at radius 3 is 2.65 bits per heavy atom. The Morgan fingerprint density at radius 1 is 1.35 bits per heavy atom. The second kappa shape index (κ2) is 5.64. The predicted molar refractivity (Wildman–Crippen MR) is 73.0 cm³/mol. The van der Waals surface area contributed by atoms with Crippen LogP contribution in [0.4, 0.5) is 0 Å². The fourth-order valence-electron chi connectivity index (χ4n) is 1.79. The van der Waals surface area contributed by atoms with Gasteiger partial charge >= 0.3 is 0 Å². The predicted octanol–water partition coefficient (Wildman–Crippen LogP) is 1.78. The van der Waals surface area contributed by atoms with Gasteiger partial charge in [-0.2, -0.15) is 0 Å². The molecule has 6 nitrogen and oxygen atoms in total. The van der Waals surface area contributed by atoms with Gasteiger partial charge in [0, 0.05) is 6.92 Å². The van der Waals surface area contributed by atoms with E-state index in [1.165, 1.54) is 19.4 Å². The van der Waals surface area contributed by atoms with Gasteiger partial charge in [0.25, 0.3) is 0 Å². The van der Waals surface area contributed by atoms with E-state index in [1.807, 2.05) is 0 Å². The number of hydrogen-bond donors (Lipinski definition) is 1. The summed E-state index contributed by atoms with van der Waals surface area (Å²) in [6, 6.07) is 4.81. The standard InChI is InChI=1S/C13H16N2O4S/c1-9-6-12(18-3)4-5-13(9)20(16,17)14-7-11-8-19-10(2)15-11/h4-6,8,14H,7H2,1-3H3. The zero-order chi connectivity index (χ0) is 14.8. The molecule has 0 saturated carbocycles. The van der Waals surface area contributed by atoms with Crippen LogP contribution in [0.2, 0.25) is 0 Å². The number of oxazole rings is 1. The third-order valence-electron chi connectivity index (χ3n) is 2.78. The minimum Gasteiger partial charge on any atom is -0.497 e. The fraction of sp³-hybridized carbons (Fsp3) is 0.308. The van der Waals surface area contributed by atoms with Crippen molar-refractivity contribution in [3.8, 4) is 5.75 Å². The number of ether oxygens (including phenoxy) is 1. The van der Waals surface area contributed by atoms with Crippen LogP contribution in [0.15, 0.2) is 33.8 Å². The van der Waals surface area contributed by atoms with Gasteiger partial charge in [-0.3, -0.25) is 0 Å². The Hall–Kier alpha value is -1.86. The highest BCUT2D eigenvalue weighted by molar-refractivity contribution is 7.89. The van der Waals surface area contributed by atoms with Crippen molar-refractivity contribution in [2.75, 3.05) is 7.11 Å².